The van der Waals surface area contributed by atoms with Gasteiger partial charge in [-0.3, -0.25) is 4.55 Å². The second kappa shape index (κ2) is 5.38. The Morgan fingerprint density at radius 1 is 1.17 bits per heavy atom. The molecular weight excluding hydrogens is 267 g/mol. The van der Waals surface area contributed by atoms with Gasteiger partial charge in [0.15, 0.2) is 0 Å². The molecule has 5 nitrogen and oxygen atoms in total. The van der Waals surface area contributed by atoms with Crippen LogP contribution in [0.1, 0.15) is 11.8 Å². The van der Waals surface area contributed by atoms with Crippen molar-refractivity contribution >= 4 is 26.9 Å². The van der Waals surface area contributed by atoms with Crippen molar-refractivity contribution in [1.29, 1.82) is 0 Å². The first-order valence-electron chi connectivity index (χ1n) is 4.63. The maximum Gasteiger partial charge on any atom is 1.00 e. The fourth-order valence-electron chi connectivity index (χ4n) is 1.61. The van der Waals surface area contributed by atoms with Gasteiger partial charge in [-0.2, -0.15) is 8.42 Å². The van der Waals surface area contributed by atoms with Crippen molar-refractivity contribution in [3.63, 3.8) is 0 Å². The van der Waals surface area contributed by atoms with E-state index in [0.29, 0.717) is 10.8 Å². The van der Waals surface area contributed by atoms with Gasteiger partial charge in [0.2, 0.25) is 0 Å². The van der Waals surface area contributed by atoms with Crippen LogP contribution in [0.4, 0.5) is 0 Å². The summed E-state index contributed by atoms with van der Waals surface area (Å²) in [7, 11) is -4.41. The summed E-state index contributed by atoms with van der Waals surface area (Å²) in [6, 6.07) is 8.64. The van der Waals surface area contributed by atoms with Crippen LogP contribution in [-0.2, 0) is 10.1 Å². The standard InChI is InChI=1S/C11H8O5S.Na.H/c12-11(13)10-6-8(17(14,15)16)5-7-3-1-2-4-9(7)10;;/h1-6H,(H,12,13)(H,14,15,16);;/q;+1;-1. The third-order valence-electron chi connectivity index (χ3n) is 2.36. The Balaban J connectivity index is 0.00000162. The molecule has 2 aromatic rings. The molecule has 90 valence electrons. The minimum atomic E-state index is -4.41. The van der Waals surface area contributed by atoms with Gasteiger partial charge in [-0.15, -0.1) is 0 Å². The summed E-state index contributed by atoms with van der Waals surface area (Å²) in [4.78, 5) is 10.6. The van der Waals surface area contributed by atoms with E-state index in [1.54, 1.807) is 24.3 Å². The Hall–Kier alpha value is -0.920. The summed E-state index contributed by atoms with van der Waals surface area (Å²) < 4.78 is 31.0. The van der Waals surface area contributed by atoms with E-state index in [2.05, 4.69) is 0 Å². The molecule has 2 aromatic carbocycles. The molecule has 0 amide bonds. The first-order chi connectivity index (χ1) is 7.89. The van der Waals surface area contributed by atoms with Crippen LogP contribution in [0, 0.1) is 0 Å². The minimum absolute atomic E-state index is 0. The maximum absolute atomic E-state index is 11.0. The monoisotopic (exact) mass is 276 g/mol. The van der Waals surface area contributed by atoms with Gasteiger partial charge in [-0.1, -0.05) is 24.3 Å². The molecule has 0 fully saturated rings. The fraction of sp³-hybridized carbons (Fsp3) is 0. The van der Waals surface area contributed by atoms with E-state index in [9.17, 15) is 13.2 Å². The summed E-state index contributed by atoms with van der Waals surface area (Å²) in [6.45, 7) is 0. The predicted molar refractivity (Wildman–Crippen MR) is 61.8 cm³/mol. The van der Waals surface area contributed by atoms with Gasteiger partial charge in [-0.25, -0.2) is 4.79 Å². The molecule has 0 spiro atoms. The number of benzene rings is 2. The van der Waals surface area contributed by atoms with Gasteiger partial charge in [-0.05, 0) is 22.9 Å². The normalized spacial score (nSPS) is 10.9. The van der Waals surface area contributed by atoms with Crippen molar-refractivity contribution in [2.45, 2.75) is 4.90 Å². The number of rotatable bonds is 2. The smallest absolute Gasteiger partial charge is 1.00 e. The molecule has 2 N–H and O–H groups in total. The van der Waals surface area contributed by atoms with Crippen LogP contribution in [-0.4, -0.2) is 24.0 Å². The van der Waals surface area contributed by atoms with Crippen LogP contribution in [0.5, 0.6) is 0 Å². The zero-order valence-corrected chi connectivity index (χ0v) is 12.3. The van der Waals surface area contributed by atoms with E-state index >= 15 is 0 Å². The van der Waals surface area contributed by atoms with Crippen molar-refractivity contribution < 1.29 is 53.9 Å². The van der Waals surface area contributed by atoms with E-state index in [1.807, 2.05) is 0 Å². The van der Waals surface area contributed by atoms with E-state index in [-0.39, 0.29) is 36.5 Å². The van der Waals surface area contributed by atoms with Crippen LogP contribution in [0.3, 0.4) is 0 Å². The van der Waals surface area contributed by atoms with Crippen LogP contribution in [0.2, 0.25) is 0 Å². The van der Waals surface area contributed by atoms with Crippen molar-refractivity contribution in [3.8, 4) is 0 Å². The number of carbonyl (C=O) groups is 1. The molecular formula is C11H9NaO5S. The Morgan fingerprint density at radius 3 is 2.33 bits per heavy atom. The van der Waals surface area contributed by atoms with E-state index in [1.165, 1.54) is 6.07 Å². The third kappa shape index (κ3) is 2.90. The van der Waals surface area contributed by atoms with Crippen LogP contribution in [0.15, 0.2) is 41.3 Å². The number of carboxylic acid groups (broad SMARTS) is 1. The Kier molecular flexibility index (Phi) is 4.52. The fourth-order valence-corrected chi connectivity index (χ4v) is 2.15. The molecule has 0 aromatic heterocycles. The van der Waals surface area contributed by atoms with Gasteiger partial charge in [0.05, 0.1) is 10.5 Å². The molecule has 0 heterocycles. The summed E-state index contributed by atoms with van der Waals surface area (Å²) in [5.41, 5.74) is -0.157. The molecule has 2 rings (SSSR count). The molecule has 0 aliphatic heterocycles. The SMILES string of the molecule is O=C(O)c1cc(S(=O)(=O)O)cc2ccccc12.[H-].[Na+]. The molecule has 0 aliphatic carbocycles. The number of fused-ring (bicyclic) bond motifs is 1. The zero-order valence-electron chi connectivity index (χ0n) is 10.5. The summed E-state index contributed by atoms with van der Waals surface area (Å²) in [5.74, 6) is -1.24. The molecule has 0 aliphatic rings. The summed E-state index contributed by atoms with van der Waals surface area (Å²) in [5, 5.41) is 9.86. The van der Waals surface area contributed by atoms with Gasteiger partial charge in [0.1, 0.15) is 0 Å². The van der Waals surface area contributed by atoms with E-state index in [4.69, 9.17) is 9.66 Å². The molecule has 0 saturated heterocycles. The molecule has 0 unspecified atom stereocenters. The van der Waals surface area contributed by atoms with Crippen molar-refractivity contribution in [2.75, 3.05) is 0 Å². The topological polar surface area (TPSA) is 91.7 Å². The zero-order chi connectivity index (χ0) is 12.6. The summed E-state index contributed by atoms with van der Waals surface area (Å²) in [6.07, 6.45) is 0. The maximum atomic E-state index is 11.0. The average molecular weight is 276 g/mol. The third-order valence-corrected chi connectivity index (χ3v) is 3.20. The van der Waals surface area contributed by atoms with Gasteiger partial charge in [0, 0.05) is 0 Å². The quantitative estimate of drug-likeness (QED) is 0.537. The molecule has 0 saturated carbocycles. The molecule has 0 radical (unpaired) electrons. The summed E-state index contributed by atoms with van der Waals surface area (Å²) >= 11 is 0. The van der Waals surface area contributed by atoms with Gasteiger partial charge < -0.3 is 6.53 Å². The van der Waals surface area contributed by atoms with Gasteiger partial charge in [0.25, 0.3) is 10.1 Å². The Morgan fingerprint density at radius 2 is 1.78 bits per heavy atom. The Bertz CT molecular complexity index is 714. The number of hydrogen-bond acceptors (Lipinski definition) is 3. The predicted octanol–water partition coefficient (Wildman–Crippen LogP) is -1.10. The molecule has 7 heteroatoms. The average Bonchev–Trinajstić information content (AvgIpc) is 2.26. The van der Waals surface area contributed by atoms with Crippen LogP contribution < -0.4 is 29.6 Å². The number of carboxylic acids is 1. The van der Waals surface area contributed by atoms with Crippen LogP contribution in [0.25, 0.3) is 10.8 Å². The van der Waals surface area contributed by atoms with Crippen molar-refractivity contribution in [2.24, 2.45) is 0 Å². The second-order valence-corrected chi connectivity index (χ2v) is 4.89. The largest absolute Gasteiger partial charge is 1.00 e. The molecule has 18 heavy (non-hydrogen) atoms. The molecule has 0 bridgehead atoms. The van der Waals surface area contributed by atoms with Crippen molar-refractivity contribution in [3.05, 3.63) is 42.0 Å². The first kappa shape index (κ1) is 15.1. The van der Waals surface area contributed by atoms with E-state index < -0.39 is 21.0 Å². The van der Waals surface area contributed by atoms with Crippen LogP contribution >= 0.6 is 0 Å². The van der Waals surface area contributed by atoms with Gasteiger partial charge >= 0.3 is 35.5 Å². The number of aromatic carboxylic acids is 1. The molecule has 0 atom stereocenters. The Labute approximate surface area is 127 Å². The number of hydrogen-bond donors (Lipinski definition) is 2. The first-order valence-corrected chi connectivity index (χ1v) is 6.07. The minimum Gasteiger partial charge on any atom is -1.00 e. The van der Waals surface area contributed by atoms with Crippen molar-refractivity contribution in [1.82, 2.24) is 0 Å². The second-order valence-electron chi connectivity index (χ2n) is 3.47. The van der Waals surface area contributed by atoms with E-state index in [0.717, 1.165) is 6.07 Å².